The smallest absolute Gasteiger partial charge is 0.316 e. The topological polar surface area (TPSA) is 104 Å². The van der Waals surface area contributed by atoms with Crippen LogP contribution in [0.1, 0.15) is 23.7 Å². The Bertz CT molecular complexity index is 720. The lowest BCUT2D eigenvalue weighted by Gasteiger charge is -2.15. The highest BCUT2D eigenvalue weighted by Gasteiger charge is 2.27. The van der Waals surface area contributed by atoms with Gasteiger partial charge in [0.1, 0.15) is 5.25 Å². The third-order valence-electron chi connectivity index (χ3n) is 3.63. The quantitative estimate of drug-likeness (QED) is 0.693. The molecule has 0 aromatic heterocycles. The molecule has 1 aromatic carbocycles. The molecule has 0 aliphatic carbocycles. The minimum absolute atomic E-state index is 0.160. The summed E-state index contributed by atoms with van der Waals surface area (Å²) in [7, 11) is -3.17. The Kier molecular flexibility index (Phi) is 6.25. The molecule has 0 bridgehead atoms. The Balaban J connectivity index is 1.96. The molecule has 0 radical (unpaired) electrons. The molecule has 1 aliphatic rings. The fourth-order valence-corrected chi connectivity index (χ4v) is 4.78. The summed E-state index contributed by atoms with van der Waals surface area (Å²) < 4.78 is 24.8. The molecule has 24 heavy (non-hydrogen) atoms. The van der Waals surface area contributed by atoms with Crippen molar-refractivity contribution in [1.82, 2.24) is 9.62 Å². The minimum atomic E-state index is -3.17. The second kappa shape index (κ2) is 8.00. The zero-order chi connectivity index (χ0) is 17.7. The highest BCUT2D eigenvalue weighted by molar-refractivity contribution is 8.00. The number of carbonyl (C=O) groups excluding carboxylic acids is 1. The average molecular weight is 372 g/mol. The lowest BCUT2D eigenvalue weighted by molar-refractivity contribution is -0.136. The Labute approximate surface area is 145 Å². The average Bonchev–Trinajstić information content (AvgIpc) is 2.86. The van der Waals surface area contributed by atoms with Crippen molar-refractivity contribution in [3.8, 4) is 0 Å². The molecule has 1 amide bonds. The number of aliphatic carboxylic acids is 1. The number of rotatable bonds is 7. The first-order valence-electron chi connectivity index (χ1n) is 7.56. The van der Waals surface area contributed by atoms with Gasteiger partial charge in [0.25, 0.3) is 5.91 Å². The summed E-state index contributed by atoms with van der Waals surface area (Å²) in [6.07, 6.45) is 0.614. The van der Waals surface area contributed by atoms with Crippen molar-refractivity contribution in [2.45, 2.75) is 23.5 Å². The standard InChI is InChI=1S/C15H20N2O5S2/c1-11(15(19)20)23-13-6-3-2-5-12(13)14(18)16-7-9-17-8-4-10-24(17,21)22/h2-3,5-6,11H,4,7-10H2,1H3,(H,16,18)(H,19,20). The van der Waals surface area contributed by atoms with Gasteiger partial charge in [-0.05, 0) is 25.5 Å². The van der Waals surface area contributed by atoms with Crippen LogP contribution in [0.4, 0.5) is 0 Å². The van der Waals surface area contributed by atoms with Gasteiger partial charge in [-0.25, -0.2) is 12.7 Å². The molecule has 1 heterocycles. The van der Waals surface area contributed by atoms with Crippen molar-refractivity contribution in [3.63, 3.8) is 0 Å². The normalized spacial score (nSPS) is 18.2. The summed E-state index contributed by atoms with van der Waals surface area (Å²) in [6, 6.07) is 6.77. The van der Waals surface area contributed by atoms with Crippen molar-refractivity contribution in [1.29, 1.82) is 0 Å². The molecule has 1 atom stereocenters. The van der Waals surface area contributed by atoms with Crippen LogP contribution in [0.25, 0.3) is 0 Å². The first kappa shape index (κ1) is 18.8. The van der Waals surface area contributed by atoms with Crippen LogP contribution in [0.15, 0.2) is 29.2 Å². The number of carboxylic acids is 1. The summed E-state index contributed by atoms with van der Waals surface area (Å²) in [6.45, 7) is 2.50. The predicted molar refractivity (Wildman–Crippen MR) is 91.7 cm³/mol. The molecular formula is C15H20N2O5S2. The summed E-state index contributed by atoms with van der Waals surface area (Å²) in [4.78, 5) is 23.9. The molecule has 2 N–H and O–H groups in total. The van der Waals surface area contributed by atoms with Gasteiger partial charge in [-0.1, -0.05) is 12.1 Å². The fourth-order valence-electron chi connectivity index (χ4n) is 2.33. The van der Waals surface area contributed by atoms with Crippen molar-refractivity contribution in [2.24, 2.45) is 0 Å². The zero-order valence-corrected chi connectivity index (χ0v) is 14.9. The predicted octanol–water partition coefficient (Wildman–Crippen LogP) is 1.02. The largest absolute Gasteiger partial charge is 0.480 e. The number of benzene rings is 1. The molecular weight excluding hydrogens is 352 g/mol. The SMILES string of the molecule is CC(Sc1ccccc1C(=O)NCCN1CCCS1(=O)=O)C(=O)O. The van der Waals surface area contributed by atoms with Gasteiger partial charge in [-0.15, -0.1) is 11.8 Å². The van der Waals surface area contributed by atoms with E-state index in [-0.39, 0.29) is 24.7 Å². The van der Waals surface area contributed by atoms with E-state index >= 15 is 0 Å². The second-order valence-electron chi connectivity index (χ2n) is 5.42. The Morgan fingerprint density at radius 2 is 2.08 bits per heavy atom. The monoisotopic (exact) mass is 372 g/mol. The maximum atomic E-state index is 12.3. The van der Waals surface area contributed by atoms with Crippen LogP contribution >= 0.6 is 11.8 Å². The van der Waals surface area contributed by atoms with Gasteiger partial charge in [0, 0.05) is 24.5 Å². The Morgan fingerprint density at radius 3 is 2.71 bits per heavy atom. The molecule has 2 rings (SSSR count). The van der Waals surface area contributed by atoms with Crippen molar-refractivity contribution in [2.75, 3.05) is 25.4 Å². The number of nitrogens with zero attached hydrogens (tertiary/aromatic N) is 1. The molecule has 1 aromatic rings. The first-order valence-corrected chi connectivity index (χ1v) is 10.0. The van der Waals surface area contributed by atoms with Crippen LogP contribution in [-0.2, 0) is 14.8 Å². The third kappa shape index (κ3) is 4.71. The fraction of sp³-hybridized carbons (Fsp3) is 0.467. The van der Waals surface area contributed by atoms with Crippen molar-refractivity contribution < 1.29 is 23.1 Å². The molecule has 1 aliphatic heterocycles. The second-order valence-corrected chi connectivity index (χ2v) is 8.89. The number of amides is 1. The van der Waals surface area contributed by atoms with E-state index in [0.29, 0.717) is 23.4 Å². The van der Waals surface area contributed by atoms with E-state index in [4.69, 9.17) is 5.11 Å². The summed E-state index contributed by atoms with van der Waals surface area (Å²) in [5.41, 5.74) is 0.389. The number of carboxylic acid groups (broad SMARTS) is 1. The van der Waals surface area contributed by atoms with Gasteiger partial charge in [0.2, 0.25) is 10.0 Å². The zero-order valence-electron chi connectivity index (χ0n) is 13.3. The van der Waals surface area contributed by atoms with Crippen molar-refractivity contribution >= 4 is 33.7 Å². The van der Waals surface area contributed by atoms with Crippen LogP contribution < -0.4 is 5.32 Å². The van der Waals surface area contributed by atoms with Crippen LogP contribution in [0, 0.1) is 0 Å². The molecule has 0 saturated carbocycles. The molecule has 9 heteroatoms. The molecule has 1 unspecified atom stereocenters. The Morgan fingerprint density at radius 1 is 1.38 bits per heavy atom. The molecule has 1 fully saturated rings. The number of sulfonamides is 1. The number of thioether (sulfide) groups is 1. The minimum Gasteiger partial charge on any atom is -0.480 e. The van der Waals surface area contributed by atoms with Crippen LogP contribution in [-0.4, -0.2) is 60.3 Å². The summed E-state index contributed by atoms with van der Waals surface area (Å²) >= 11 is 1.10. The van der Waals surface area contributed by atoms with Gasteiger partial charge in [-0.2, -0.15) is 0 Å². The Hall–Kier alpha value is -1.58. The van der Waals surface area contributed by atoms with E-state index in [2.05, 4.69) is 5.32 Å². The van der Waals surface area contributed by atoms with Gasteiger partial charge < -0.3 is 10.4 Å². The van der Waals surface area contributed by atoms with Crippen LogP contribution in [0.5, 0.6) is 0 Å². The molecule has 132 valence electrons. The molecule has 1 saturated heterocycles. The van der Waals surface area contributed by atoms with Crippen molar-refractivity contribution in [3.05, 3.63) is 29.8 Å². The third-order valence-corrected chi connectivity index (χ3v) is 6.75. The molecule has 0 spiro atoms. The lowest BCUT2D eigenvalue weighted by Crippen LogP contribution is -2.36. The van der Waals surface area contributed by atoms with Gasteiger partial charge >= 0.3 is 5.97 Å². The van der Waals surface area contributed by atoms with Gasteiger partial charge in [-0.3, -0.25) is 9.59 Å². The number of carbonyl (C=O) groups is 2. The van der Waals surface area contributed by atoms with Gasteiger partial charge in [0.05, 0.1) is 11.3 Å². The van der Waals surface area contributed by atoms with Gasteiger partial charge in [0.15, 0.2) is 0 Å². The lowest BCUT2D eigenvalue weighted by atomic mass is 10.2. The van der Waals surface area contributed by atoms with E-state index in [9.17, 15) is 18.0 Å². The van der Waals surface area contributed by atoms with E-state index in [0.717, 1.165) is 11.8 Å². The van der Waals surface area contributed by atoms with Crippen LogP contribution in [0.3, 0.4) is 0 Å². The summed E-state index contributed by atoms with van der Waals surface area (Å²) in [5.74, 6) is -1.13. The highest BCUT2D eigenvalue weighted by atomic mass is 32.2. The molecule has 7 nitrogen and oxygen atoms in total. The van der Waals surface area contributed by atoms with E-state index in [1.54, 1.807) is 31.2 Å². The summed E-state index contributed by atoms with van der Waals surface area (Å²) in [5, 5.41) is 11.0. The maximum absolute atomic E-state index is 12.3. The highest BCUT2D eigenvalue weighted by Crippen LogP contribution is 2.27. The van der Waals surface area contributed by atoms with E-state index in [1.807, 2.05) is 0 Å². The number of hydrogen-bond acceptors (Lipinski definition) is 5. The number of hydrogen-bond donors (Lipinski definition) is 2. The first-order chi connectivity index (χ1) is 11.3. The van der Waals surface area contributed by atoms with Crippen LogP contribution in [0.2, 0.25) is 0 Å². The maximum Gasteiger partial charge on any atom is 0.316 e. The van der Waals surface area contributed by atoms with E-state index < -0.39 is 21.2 Å². The number of nitrogens with one attached hydrogen (secondary N) is 1. The van der Waals surface area contributed by atoms with E-state index in [1.165, 1.54) is 4.31 Å².